The molecule has 2 aliphatic rings. The number of hydrogen-bond acceptors (Lipinski definition) is 2. The number of amides is 1. The molecular formula is C23H25Cl2NO3. The molecule has 4 unspecified atom stereocenters. The normalized spacial score (nSPS) is 28.0. The van der Waals surface area contributed by atoms with E-state index in [1.807, 2.05) is 36.4 Å². The van der Waals surface area contributed by atoms with Crippen molar-refractivity contribution in [3.63, 3.8) is 0 Å². The second kappa shape index (κ2) is 8.76. The minimum atomic E-state index is -0.969. The Morgan fingerprint density at radius 3 is 2.41 bits per heavy atom. The Balaban J connectivity index is 0.000000290. The van der Waals surface area contributed by atoms with Gasteiger partial charge in [-0.25, -0.2) is 4.79 Å². The van der Waals surface area contributed by atoms with Gasteiger partial charge in [-0.1, -0.05) is 54.4 Å². The highest BCUT2D eigenvalue weighted by atomic mass is 35.5. The quantitative estimate of drug-likeness (QED) is 0.629. The minimum absolute atomic E-state index is 0.163. The van der Waals surface area contributed by atoms with Gasteiger partial charge in [0.25, 0.3) is 0 Å². The molecule has 1 heterocycles. The van der Waals surface area contributed by atoms with Gasteiger partial charge in [-0.2, -0.15) is 0 Å². The summed E-state index contributed by atoms with van der Waals surface area (Å²) < 4.78 is 0. The zero-order chi connectivity index (χ0) is 21.2. The van der Waals surface area contributed by atoms with Gasteiger partial charge in [0, 0.05) is 16.1 Å². The number of fused-ring (bicyclic) bond motifs is 1. The maximum atomic E-state index is 12.2. The van der Waals surface area contributed by atoms with Gasteiger partial charge in [-0.05, 0) is 67.9 Å². The highest BCUT2D eigenvalue weighted by molar-refractivity contribution is 6.31. The molecule has 0 radical (unpaired) electrons. The van der Waals surface area contributed by atoms with Gasteiger partial charge in [0.15, 0.2) is 0 Å². The maximum Gasteiger partial charge on any atom is 0.335 e. The molecule has 1 amide bonds. The third-order valence-corrected chi connectivity index (χ3v) is 6.85. The topological polar surface area (TPSA) is 66.4 Å². The number of carbonyl (C=O) groups excluding carboxylic acids is 1. The number of rotatable bonds is 2. The van der Waals surface area contributed by atoms with Crippen molar-refractivity contribution in [1.82, 2.24) is 5.32 Å². The summed E-state index contributed by atoms with van der Waals surface area (Å²) in [6, 6.07) is 14.6. The van der Waals surface area contributed by atoms with Crippen molar-refractivity contribution in [2.45, 2.75) is 45.1 Å². The second-order valence-corrected chi connectivity index (χ2v) is 8.94. The van der Waals surface area contributed by atoms with Gasteiger partial charge < -0.3 is 10.4 Å². The molecule has 154 valence electrons. The van der Waals surface area contributed by atoms with Crippen molar-refractivity contribution in [2.75, 3.05) is 0 Å². The van der Waals surface area contributed by atoms with Gasteiger partial charge >= 0.3 is 5.97 Å². The number of aromatic carboxylic acids is 1. The van der Waals surface area contributed by atoms with Crippen LogP contribution in [0.4, 0.5) is 0 Å². The lowest BCUT2D eigenvalue weighted by atomic mass is 9.63. The Labute approximate surface area is 181 Å². The smallest absolute Gasteiger partial charge is 0.335 e. The third kappa shape index (κ3) is 4.59. The fourth-order valence-electron chi connectivity index (χ4n) is 4.54. The zero-order valence-electron chi connectivity index (χ0n) is 16.5. The van der Waals surface area contributed by atoms with E-state index in [9.17, 15) is 9.59 Å². The zero-order valence-corrected chi connectivity index (χ0v) is 18.0. The molecule has 4 atom stereocenters. The maximum absolute atomic E-state index is 12.2. The van der Waals surface area contributed by atoms with E-state index < -0.39 is 5.97 Å². The van der Waals surface area contributed by atoms with E-state index in [-0.39, 0.29) is 28.8 Å². The average molecular weight is 434 g/mol. The van der Waals surface area contributed by atoms with Crippen molar-refractivity contribution in [3.05, 3.63) is 69.7 Å². The predicted molar refractivity (Wildman–Crippen MR) is 116 cm³/mol. The Kier molecular flexibility index (Phi) is 6.55. The molecule has 2 aromatic carbocycles. The Morgan fingerprint density at radius 1 is 1.17 bits per heavy atom. The standard InChI is InChI=1S/C17H20ClNO3.C6H5Cl/c1-9-13-7-10(5-6-17(13,2)16(22)19-9)12-4-3-11(15(20)21)8-14(12)18;7-6-4-2-1-3-5-6/h3-4,8-10,13H,5-7H2,1-2H3,(H,19,22)(H,20,21);1-5H. The van der Waals surface area contributed by atoms with Crippen LogP contribution in [0.15, 0.2) is 48.5 Å². The molecule has 29 heavy (non-hydrogen) atoms. The molecule has 0 bridgehead atoms. The predicted octanol–water partition coefficient (Wildman–Crippen LogP) is 5.79. The van der Waals surface area contributed by atoms with Crippen LogP contribution >= 0.6 is 23.2 Å². The van der Waals surface area contributed by atoms with Crippen LogP contribution in [0.25, 0.3) is 0 Å². The fraction of sp³-hybridized carbons (Fsp3) is 0.391. The SMILES string of the molecule is CC1NC(=O)C2(C)CCC(c3ccc(C(=O)O)cc3Cl)CC12.Clc1ccccc1. The first-order valence-electron chi connectivity index (χ1n) is 9.76. The summed E-state index contributed by atoms with van der Waals surface area (Å²) in [7, 11) is 0. The molecule has 6 heteroatoms. The van der Waals surface area contributed by atoms with Gasteiger partial charge in [0.05, 0.1) is 11.0 Å². The van der Waals surface area contributed by atoms with E-state index in [0.29, 0.717) is 10.9 Å². The summed E-state index contributed by atoms with van der Waals surface area (Å²) in [5.74, 6) is -0.225. The first-order chi connectivity index (χ1) is 13.7. The minimum Gasteiger partial charge on any atom is -0.478 e. The van der Waals surface area contributed by atoms with E-state index in [4.69, 9.17) is 28.3 Å². The number of hydrogen-bond donors (Lipinski definition) is 2. The van der Waals surface area contributed by atoms with Crippen LogP contribution in [0.3, 0.4) is 0 Å². The first-order valence-corrected chi connectivity index (χ1v) is 10.5. The second-order valence-electron chi connectivity index (χ2n) is 8.09. The summed E-state index contributed by atoms with van der Waals surface area (Å²) in [5.41, 5.74) is 0.935. The van der Waals surface area contributed by atoms with E-state index in [0.717, 1.165) is 29.8 Å². The summed E-state index contributed by atoms with van der Waals surface area (Å²) in [5, 5.41) is 13.4. The molecule has 2 N–H and O–H groups in total. The molecule has 2 fully saturated rings. The lowest BCUT2D eigenvalue weighted by molar-refractivity contribution is -0.129. The fourth-order valence-corrected chi connectivity index (χ4v) is 5.02. The van der Waals surface area contributed by atoms with Crippen LogP contribution in [0, 0.1) is 11.3 Å². The van der Waals surface area contributed by atoms with Crippen LogP contribution in [-0.2, 0) is 4.79 Å². The largest absolute Gasteiger partial charge is 0.478 e. The number of halogens is 2. The van der Waals surface area contributed by atoms with Crippen LogP contribution in [0.5, 0.6) is 0 Å². The van der Waals surface area contributed by atoms with Crippen LogP contribution in [-0.4, -0.2) is 23.0 Å². The molecule has 1 saturated carbocycles. The molecule has 1 aliphatic carbocycles. The van der Waals surface area contributed by atoms with E-state index in [2.05, 4.69) is 19.2 Å². The molecule has 1 saturated heterocycles. The highest BCUT2D eigenvalue weighted by Crippen LogP contribution is 2.52. The Morgan fingerprint density at radius 2 is 1.86 bits per heavy atom. The molecule has 2 aromatic rings. The Bertz CT molecular complexity index is 902. The first kappa shape index (κ1) is 21.7. The van der Waals surface area contributed by atoms with Crippen molar-refractivity contribution < 1.29 is 14.7 Å². The van der Waals surface area contributed by atoms with Gasteiger partial charge in [-0.15, -0.1) is 0 Å². The van der Waals surface area contributed by atoms with Crippen molar-refractivity contribution in [3.8, 4) is 0 Å². The number of carboxylic acids is 1. The van der Waals surface area contributed by atoms with E-state index in [1.165, 1.54) is 6.07 Å². The molecule has 4 nitrogen and oxygen atoms in total. The molecule has 1 aliphatic heterocycles. The molecule has 0 aromatic heterocycles. The van der Waals surface area contributed by atoms with Crippen LogP contribution < -0.4 is 5.32 Å². The van der Waals surface area contributed by atoms with E-state index >= 15 is 0 Å². The summed E-state index contributed by atoms with van der Waals surface area (Å²) >= 11 is 11.8. The van der Waals surface area contributed by atoms with Gasteiger partial charge in [-0.3, -0.25) is 4.79 Å². The average Bonchev–Trinajstić information content (AvgIpc) is 2.91. The van der Waals surface area contributed by atoms with Crippen molar-refractivity contribution in [2.24, 2.45) is 11.3 Å². The number of carbonyl (C=O) groups is 2. The van der Waals surface area contributed by atoms with Crippen LogP contribution in [0.2, 0.25) is 10.0 Å². The van der Waals surface area contributed by atoms with Crippen LogP contribution in [0.1, 0.15) is 54.9 Å². The molecule has 0 spiro atoms. The molecule has 4 rings (SSSR count). The Hall–Kier alpha value is -2.04. The van der Waals surface area contributed by atoms with Gasteiger partial charge in [0.1, 0.15) is 0 Å². The third-order valence-electron chi connectivity index (χ3n) is 6.27. The van der Waals surface area contributed by atoms with Gasteiger partial charge in [0.2, 0.25) is 5.91 Å². The summed E-state index contributed by atoms with van der Waals surface area (Å²) in [4.78, 5) is 23.2. The van der Waals surface area contributed by atoms with E-state index in [1.54, 1.807) is 6.07 Å². The van der Waals surface area contributed by atoms with Crippen molar-refractivity contribution in [1.29, 1.82) is 0 Å². The van der Waals surface area contributed by atoms with Crippen molar-refractivity contribution >= 4 is 35.1 Å². The lowest BCUT2D eigenvalue weighted by Gasteiger charge is -2.39. The monoisotopic (exact) mass is 433 g/mol. The summed E-state index contributed by atoms with van der Waals surface area (Å²) in [6.45, 7) is 4.12. The molecular weight excluding hydrogens is 409 g/mol. The lowest BCUT2D eigenvalue weighted by Crippen LogP contribution is -2.36. The summed E-state index contributed by atoms with van der Waals surface area (Å²) in [6.07, 6.45) is 2.65. The number of benzene rings is 2. The number of nitrogens with one attached hydrogen (secondary N) is 1. The number of carboxylic acid groups (broad SMARTS) is 1. The highest BCUT2D eigenvalue weighted by Gasteiger charge is 2.52.